The molecule has 0 aliphatic rings. The number of aliphatic hydroxyl groups is 1. The number of hydrogen-bond donors (Lipinski definition) is 1. The fourth-order valence-electron chi connectivity index (χ4n) is 2.24. The van der Waals surface area contributed by atoms with Gasteiger partial charge in [0.2, 0.25) is 0 Å². The molecule has 0 amide bonds. The normalized spacial score (nSPS) is 13.1. The van der Waals surface area contributed by atoms with Crippen LogP contribution >= 0.6 is 15.9 Å². The first-order valence-corrected chi connectivity index (χ1v) is 9.50. The van der Waals surface area contributed by atoms with Crippen LogP contribution in [0, 0.1) is 0 Å². The molecule has 4 nitrogen and oxygen atoms in total. The van der Waals surface area contributed by atoms with Gasteiger partial charge in [-0.15, -0.1) is 0 Å². The number of rotatable bonds is 11. The summed E-state index contributed by atoms with van der Waals surface area (Å²) >= 11 is 3.43. The molecule has 2 aromatic rings. The van der Waals surface area contributed by atoms with E-state index in [1.807, 2.05) is 74.5 Å². The van der Waals surface area contributed by atoms with Crippen molar-refractivity contribution in [1.29, 1.82) is 0 Å². The lowest BCUT2D eigenvalue weighted by Gasteiger charge is -2.28. The van der Waals surface area contributed by atoms with E-state index in [-0.39, 0.29) is 6.10 Å². The van der Waals surface area contributed by atoms with Crippen molar-refractivity contribution in [3.63, 3.8) is 0 Å². The highest BCUT2D eigenvalue weighted by molar-refractivity contribution is 9.10. The predicted molar refractivity (Wildman–Crippen MR) is 106 cm³/mol. The van der Waals surface area contributed by atoms with Crippen molar-refractivity contribution in [3.8, 4) is 0 Å². The summed E-state index contributed by atoms with van der Waals surface area (Å²) in [7, 11) is 0. The lowest BCUT2D eigenvalue weighted by atomic mass is 10.2. The first kappa shape index (κ1) is 21.1. The molecule has 2 aromatic carbocycles. The van der Waals surface area contributed by atoms with Crippen LogP contribution in [0.5, 0.6) is 0 Å². The van der Waals surface area contributed by atoms with Crippen molar-refractivity contribution < 1.29 is 19.3 Å². The minimum Gasteiger partial charge on any atom is -0.374 e. The Balaban J connectivity index is 1.83. The second-order valence-electron chi connectivity index (χ2n) is 6.68. The maximum atomic E-state index is 10.2. The predicted octanol–water partition coefficient (Wildman–Crippen LogP) is 4.30. The van der Waals surface area contributed by atoms with Gasteiger partial charge in [-0.25, -0.2) is 0 Å². The second-order valence-corrected chi connectivity index (χ2v) is 8.72. The number of hydrogen-bond acceptors (Lipinski definition) is 4. The van der Waals surface area contributed by atoms with E-state index in [0.29, 0.717) is 26.4 Å². The van der Waals surface area contributed by atoms with Gasteiger partial charge >= 0.3 is 0 Å². The summed E-state index contributed by atoms with van der Waals surface area (Å²) in [5.74, 6) is 0. The summed E-state index contributed by atoms with van der Waals surface area (Å²) in [6, 6.07) is 19.9. The average molecular weight is 423 g/mol. The molecule has 0 aliphatic heterocycles. The van der Waals surface area contributed by atoms with Crippen LogP contribution in [0.25, 0.3) is 0 Å². The molecule has 0 bridgehead atoms. The molecule has 0 aliphatic carbocycles. The van der Waals surface area contributed by atoms with Gasteiger partial charge in [-0.05, 0) is 25.0 Å². The quantitative estimate of drug-likeness (QED) is 0.433. The first-order valence-electron chi connectivity index (χ1n) is 8.71. The van der Waals surface area contributed by atoms with Crippen LogP contribution in [-0.2, 0) is 27.4 Å². The van der Waals surface area contributed by atoms with Crippen LogP contribution in [0.3, 0.4) is 0 Å². The number of aliphatic hydroxyl groups excluding tert-OH is 1. The Kier molecular flexibility index (Phi) is 8.75. The van der Waals surface area contributed by atoms with Gasteiger partial charge in [-0.3, -0.25) is 0 Å². The average Bonchev–Trinajstić information content (AvgIpc) is 2.62. The van der Waals surface area contributed by atoms with Crippen LogP contribution in [0.2, 0.25) is 0 Å². The van der Waals surface area contributed by atoms with Gasteiger partial charge in [0.15, 0.2) is 6.29 Å². The van der Waals surface area contributed by atoms with Crippen molar-refractivity contribution in [2.24, 2.45) is 0 Å². The minimum atomic E-state index is -0.965. The van der Waals surface area contributed by atoms with Crippen molar-refractivity contribution in [3.05, 3.63) is 71.8 Å². The van der Waals surface area contributed by atoms with Gasteiger partial charge in [0.1, 0.15) is 6.10 Å². The van der Waals surface area contributed by atoms with Gasteiger partial charge in [0, 0.05) is 0 Å². The van der Waals surface area contributed by atoms with E-state index in [1.165, 1.54) is 0 Å². The van der Waals surface area contributed by atoms with E-state index in [1.54, 1.807) is 0 Å². The summed E-state index contributed by atoms with van der Waals surface area (Å²) in [5.41, 5.74) is 2.19. The highest BCUT2D eigenvalue weighted by Gasteiger charge is 2.28. The summed E-state index contributed by atoms with van der Waals surface area (Å²) in [6.07, 6.45) is -1.33. The zero-order valence-electron chi connectivity index (χ0n) is 15.3. The Morgan fingerprint density at radius 3 is 1.65 bits per heavy atom. The highest BCUT2D eigenvalue weighted by atomic mass is 79.9. The third-order valence-electron chi connectivity index (χ3n) is 3.74. The molecule has 0 radical (unpaired) electrons. The highest BCUT2D eigenvalue weighted by Crippen LogP contribution is 2.23. The SMILES string of the molecule is CC(C)(Br)C(O)OC(COCc1ccccc1)COCc1ccccc1. The Bertz CT molecular complexity index is 567. The summed E-state index contributed by atoms with van der Waals surface area (Å²) in [4.78, 5) is 0. The molecule has 0 saturated carbocycles. The van der Waals surface area contributed by atoms with Crippen molar-refractivity contribution in [2.75, 3.05) is 13.2 Å². The Hall–Kier alpha value is -1.24. The number of ether oxygens (including phenoxy) is 3. The molecule has 1 N–H and O–H groups in total. The molecule has 1 unspecified atom stereocenters. The third-order valence-corrected chi connectivity index (χ3v) is 4.13. The Morgan fingerprint density at radius 2 is 1.27 bits per heavy atom. The van der Waals surface area contributed by atoms with Crippen LogP contribution in [0.15, 0.2) is 60.7 Å². The largest absolute Gasteiger partial charge is 0.374 e. The maximum absolute atomic E-state index is 10.2. The fraction of sp³-hybridized carbons (Fsp3) is 0.429. The topological polar surface area (TPSA) is 47.9 Å². The molecule has 0 aromatic heterocycles. The second kappa shape index (κ2) is 10.8. The van der Waals surface area contributed by atoms with E-state index in [2.05, 4.69) is 15.9 Å². The standard InChI is InChI=1S/C21H27BrO4/c1-21(2,22)20(23)26-19(15-24-13-17-9-5-3-6-10-17)16-25-14-18-11-7-4-8-12-18/h3-12,19-20,23H,13-16H2,1-2H3. The molecule has 0 saturated heterocycles. The van der Waals surface area contributed by atoms with Crippen molar-refractivity contribution >= 4 is 15.9 Å². The first-order chi connectivity index (χ1) is 12.4. The molecule has 2 rings (SSSR count). The number of benzene rings is 2. The van der Waals surface area contributed by atoms with E-state index in [0.717, 1.165) is 11.1 Å². The summed E-state index contributed by atoms with van der Waals surface area (Å²) in [5, 5.41) is 10.2. The zero-order valence-corrected chi connectivity index (χ0v) is 16.9. The lowest BCUT2D eigenvalue weighted by Crippen LogP contribution is -2.39. The van der Waals surface area contributed by atoms with E-state index in [4.69, 9.17) is 14.2 Å². The van der Waals surface area contributed by atoms with Gasteiger partial charge in [-0.2, -0.15) is 0 Å². The molecule has 26 heavy (non-hydrogen) atoms. The van der Waals surface area contributed by atoms with Gasteiger partial charge in [0.25, 0.3) is 0 Å². The summed E-state index contributed by atoms with van der Waals surface area (Å²) < 4.78 is 16.7. The van der Waals surface area contributed by atoms with Crippen molar-refractivity contribution in [2.45, 2.75) is 43.8 Å². The molecule has 0 fully saturated rings. The van der Waals surface area contributed by atoms with Crippen molar-refractivity contribution in [1.82, 2.24) is 0 Å². The smallest absolute Gasteiger partial charge is 0.169 e. The van der Waals surface area contributed by atoms with E-state index >= 15 is 0 Å². The lowest BCUT2D eigenvalue weighted by molar-refractivity contribution is -0.180. The van der Waals surface area contributed by atoms with Gasteiger partial charge in [-0.1, -0.05) is 76.6 Å². The van der Waals surface area contributed by atoms with Crippen LogP contribution in [0.1, 0.15) is 25.0 Å². The fourth-order valence-corrected chi connectivity index (χ4v) is 2.34. The molecule has 1 atom stereocenters. The number of alkyl halides is 1. The van der Waals surface area contributed by atoms with Gasteiger partial charge < -0.3 is 19.3 Å². The molecular weight excluding hydrogens is 396 g/mol. The van der Waals surface area contributed by atoms with Crippen LogP contribution in [0.4, 0.5) is 0 Å². The van der Waals surface area contributed by atoms with E-state index in [9.17, 15) is 5.11 Å². The zero-order chi connectivity index (χ0) is 18.8. The Morgan fingerprint density at radius 1 is 0.846 bits per heavy atom. The van der Waals surface area contributed by atoms with Crippen LogP contribution in [-0.4, -0.2) is 35.0 Å². The molecular formula is C21H27BrO4. The van der Waals surface area contributed by atoms with E-state index < -0.39 is 10.6 Å². The van der Waals surface area contributed by atoms with Gasteiger partial charge in [0.05, 0.1) is 30.8 Å². The molecule has 5 heteroatoms. The minimum absolute atomic E-state index is 0.337. The van der Waals surface area contributed by atoms with Crippen LogP contribution < -0.4 is 0 Å². The molecule has 142 valence electrons. The number of halogens is 1. The Labute approximate surface area is 164 Å². The monoisotopic (exact) mass is 422 g/mol. The molecule has 0 heterocycles. The maximum Gasteiger partial charge on any atom is 0.169 e. The summed E-state index contributed by atoms with van der Waals surface area (Å²) in [6.45, 7) is 5.36. The molecule has 0 spiro atoms. The third kappa shape index (κ3) is 7.98.